The third-order valence-corrected chi connectivity index (χ3v) is 8.32. The number of anilines is 1. The summed E-state index contributed by atoms with van der Waals surface area (Å²) < 4.78 is 48.0. The summed E-state index contributed by atoms with van der Waals surface area (Å²) in [7, 11) is -4.40. The Morgan fingerprint density at radius 1 is 0.761 bits per heavy atom. The Labute approximate surface area is 261 Å². The van der Waals surface area contributed by atoms with E-state index in [0.717, 1.165) is 11.2 Å². The number of imide groups is 1. The van der Waals surface area contributed by atoms with E-state index in [1.165, 1.54) is 10.9 Å². The van der Waals surface area contributed by atoms with Gasteiger partial charge >= 0.3 is 16.4 Å². The van der Waals surface area contributed by atoms with Crippen molar-refractivity contribution in [3.8, 4) is 0 Å². The molecule has 0 radical (unpaired) electrons. The molecule has 2 aliphatic heterocycles. The van der Waals surface area contributed by atoms with Crippen LogP contribution in [0, 0.1) is 0 Å². The van der Waals surface area contributed by atoms with E-state index in [1.807, 2.05) is 0 Å². The molecule has 0 spiro atoms. The van der Waals surface area contributed by atoms with Gasteiger partial charge < -0.3 is 9.47 Å². The Bertz CT molecular complexity index is 1990. The van der Waals surface area contributed by atoms with Crippen LogP contribution in [0.3, 0.4) is 0 Å². The first-order valence-corrected chi connectivity index (χ1v) is 15.3. The molecule has 2 aromatic heterocycles. The molecule has 2 saturated heterocycles. The number of imidazole rings is 1. The summed E-state index contributed by atoms with van der Waals surface area (Å²) in [6.45, 7) is -0.345. The summed E-state index contributed by atoms with van der Waals surface area (Å²) >= 11 is 0. The summed E-state index contributed by atoms with van der Waals surface area (Å²) in [6, 6.07) is 24.7. The third kappa shape index (κ3) is 5.41. The van der Waals surface area contributed by atoms with Gasteiger partial charge in [0.05, 0.1) is 11.9 Å². The second-order valence-electron chi connectivity index (χ2n) is 10.3. The topological polar surface area (TPSA) is 169 Å². The molecule has 5 aromatic rings. The first-order chi connectivity index (χ1) is 22.3. The van der Waals surface area contributed by atoms with Crippen molar-refractivity contribution >= 4 is 45.2 Å². The van der Waals surface area contributed by atoms with Crippen molar-refractivity contribution in [1.29, 1.82) is 0 Å². The Hall–Kier alpha value is -5.35. The molecule has 3 aromatic carbocycles. The fourth-order valence-corrected chi connectivity index (χ4v) is 6.32. The summed E-state index contributed by atoms with van der Waals surface area (Å²) in [5, 5.41) is 0. The van der Waals surface area contributed by atoms with Crippen molar-refractivity contribution in [2.24, 2.45) is 0 Å². The Balaban J connectivity index is 1.24. The minimum atomic E-state index is -4.40. The number of ether oxygens (including phenoxy) is 2. The summed E-state index contributed by atoms with van der Waals surface area (Å²) in [5.41, 5.74) is 0.922. The van der Waals surface area contributed by atoms with Gasteiger partial charge in [-0.05, 0) is 36.4 Å². The number of carbonyl (C=O) groups excluding carboxylic acids is 3. The lowest BCUT2D eigenvalue weighted by atomic mass is 10.1. The fraction of sp³-hybridized carbons (Fsp3) is 0.161. The van der Waals surface area contributed by atoms with Gasteiger partial charge in [-0.15, -0.1) is 0 Å². The van der Waals surface area contributed by atoms with Crippen molar-refractivity contribution in [3.63, 3.8) is 0 Å². The highest BCUT2D eigenvalue weighted by Crippen LogP contribution is 2.41. The quantitative estimate of drug-likeness (QED) is 0.188. The standard InChI is InChI=1S/C31H23N5O9S/c37-28(19-10-4-1-5-11-19)36(29(38)20-12-6-2-7-13-20)27-23-26(32-17-33-27)35(18-34-23)30-25-24(44-46(40,41)45-25)22(43-30)16-42-31(39)21-14-8-3-9-15-21/h1-15,17-18,22,24-25,30H,16H2/t22-,24+,25+,30-/m0/s1. The van der Waals surface area contributed by atoms with Crippen LogP contribution in [0.25, 0.3) is 11.2 Å². The fourth-order valence-electron chi connectivity index (χ4n) is 5.29. The van der Waals surface area contributed by atoms with Gasteiger partial charge in [0.25, 0.3) is 11.8 Å². The molecule has 15 heteroatoms. The zero-order valence-electron chi connectivity index (χ0n) is 23.7. The Morgan fingerprint density at radius 2 is 1.33 bits per heavy atom. The van der Waals surface area contributed by atoms with Crippen molar-refractivity contribution in [2.45, 2.75) is 24.5 Å². The normalized spacial score (nSPS) is 21.5. The molecule has 2 fully saturated rings. The lowest BCUT2D eigenvalue weighted by Gasteiger charge is -2.21. The van der Waals surface area contributed by atoms with Gasteiger partial charge in [0.15, 0.2) is 29.3 Å². The van der Waals surface area contributed by atoms with Crippen molar-refractivity contribution < 1.29 is 40.6 Å². The van der Waals surface area contributed by atoms with E-state index in [-0.39, 0.29) is 34.7 Å². The summed E-state index contributed by atoms with van der Waals surface area (Å²) in [4.78, 5) is 54.1. The maximum Gasteiger partial charge on any atom is 0.400 e. The van der Waals surface area contributed by atoms with E-state index < -0.39 is 52.7 Å². The number of carbonyl (C=O) groups is 3. The molecule has 46 heavy (non-hydrogen) atoms. The highest BCUT2D eigenvalue weighted by Gasteiger charge is 2.57. The van der Waals surface area contributed by atoms with E-state index in [1.54, 1.807) is 91.0 Å². The Morgan fingerprint density at radius 3 is 1.93 bits per heavy atom. The lowest BCUT2D eigenvalue weighted by Crippen LogP contribution is -2.38. The van der Waals surface area contributed by atoms with Gasteiger partial charge in [-0.3, -0.25) is 14.2 Å². The van der Waals surface area contributed by atoms with Gasteiger partial charge in [-0.1, -0.05) is 54.6 Å². The first kappa shape index (κ1) is 29.4. The molecule has 0 aliphatic carbocycles. The van der Waals surface area contributed by atoms with Crippen LogP contribution in [0.2, 0.25) is 0 Å². The minimum Gasteiger partial charge on any atom is -0.459 e. The van der Waals surface area contributed by atoms with Crippen LogP contribution in [0.15, 0.2) is 104 Å². The second-order valence-corrected chi connectivity index (χ2v) is 11.5. The number of hydrogen-bond donors (Lipinski definition) is 0. The van der Waals surface area contributed by atoms with E-state index in [9.17, 15) is 22.8 Å². The van der Waals surface area contributed by atoms with Crippen LogP contribution >= 0.6 is 0 Å². The molecule has 4 atom stereocenters. The van der Waals surface area contributed by atoms with Gasteiger partial charge in [0.2, 0.25) is 0 Å². The number of esters is 1. The third-order valence-electron chi connectivity index (χ3n) is 7.40. The largest absolute Gasteiger partial charge is 0.459 e. The number of fused-ring (bicyclic) bond motifs is 2. The van der Waals surface area contributed by atoms with Crippen LogP contribution in [0.1, 0.15) is 37.3 Å². The molecule has 0 N–H and O–H groups in total. The average Bonchev–Trinajstić information content (AvgIpc) is 3.75. The summed E-state index contributed by atoms with van der Waals surface area (Å²) in [5.74, 6) is -2.05. The zero-order valence-corrected chi connectivity index (χ0v) is 24.5. The molecular formula is C31H23N5O9S. The predicted octanol–water partition coefficient (Wildman–Crippen LogP) is 3.10. The first-order valence-electron chi connectivity index (χ1n) is 14.0. The van der Waals surface area contributed by atoms with Gasteiger partial charge in [-0.25, -0.2) is 33.0 Å². The Kier molecular flexibility index (Phi) is 7.58. The maximum absolute atomic E-state index is 13.8. The number of hydrogen-bond acceptors (Lipinski definition) is 12. The molecular weight excluding hydrogens is 618 g/mol. The number of benzene rings is 3. The lowest BCUT2D eigenvalue weighted by molar-refractivity contribution is -0.0595. The monoisotopic (exact) mass is 641 g/mol. The smallest absolute Gasteiger partial charge is 0.400 e. The zero-order chi connectivity index (χ0) is 31.8. The van der Waals surface area contributed by atoms with Gasteiger partial charge in [0, 0.05) is 11.1 Å². The van der Waals surface area contributed by atoms with Gasteiger partial charge in [-0.2, -0.15) is 8.42 Å². The van der Waals surface area contributed by atoms with E-state index >= 15 is 0 Å². The van der Waals surface area contributed by atoms with Crippen LogP contribution < -0.4 is 4.90 Å². The van der Waals surface area contributed by atoms with E-state index in [2.05, 4.69) is 15.0 Å². The SMILES string of the molecule is O=C(OC[C@@H]1O[C@H](n2cnc3c(N(C(=O)c4ccccc4)C(=O)c4ccccc4)ncnc32)[C@@H]2OS(=O)(=O)O[C@@H]21)c1ccccc1. The molecule has 0 saturated carbocycles. The number of nitrogens with zero attached hydrogens (tertiary/aromatic N) is 5. The van der Waals surface area contributed by atoms with Crippen LogP contribution in [0.4, 0.5) is 5.82 Å². The van der Waals surface area contributed by atoms with Crippen molar-refractivity contribution in [3.05, 3.63) is 120 Å². The molecule has 4 heterocycles. The molecule has 7 rings (SSSR count). The number of rotatable bonds is 7. The number of aromatic nitrogens is 4. The molecule has 0 unspecified atom stereocenters. The average molecular weight is 642 g/mol. The van der Waals surface area contributed by atoms with E-state index in [0.29, 0.717) is 5.56 Å². The minimum absolute atomic E-state index is 0.0527. The second kappa shape index (κ2) is 11.9. The van der Waals surface area contributed by atoms with Crippen LogP contribution in [-0.2, 0) is 28.2 Å². The highest BCUT2D eigenvalue weighted by molar-refractivity contribution is 7.82. The molecule has 0 bridgehead atoms. The maximum atomic E-state index is 13.8. The van der Waals surface area contributed by atoms with Crippen molar-refractivity contribution in [2.75, 3.05) is 11.5 Å². The highest BCUT2D eigenvalue weighted by atomic mass is 32.3. The molecule has 2 aliphatic rings. The molecule has 232 valence electrons. The molecule has 14 nitrogen and oxygen atoms in total. The van der Waals surface area contributed by atoms with Crippen LogP contribution in [-0.4, -0.2) is 70.6 Å². The van der Waals surface area contributed by atoms with Crippen molar-refractivity contribution in [1.82, 2.24) is 19.5 Å². The predicted molar refractivity (Wildman–Crippen MR) is 159 cm³/mol. The van der Waals surface area contributed by atoms with Gasteiger partial charge in [0.1, 0.15) is 25.1 Å². The number of amides is 2. The molecule has 2 amide bonds. The summed E-state index contributed by atoms with van der Waals surface area (Å²) in [6.07, 6.45) is -2.13. The van der Waals surface area contributed by atoms with E-state index in [4.69, 9.17) is 17.8 Å². The van der Waals surface area contributed by atoms with Crippen LogP contribution in [0.5, 0.6) is 0 Å².